The van der Waals surface area contributed by atoms with Crippen molar-refractivity contribution in [2.24, 2.45) is 0 Å². The van der Waals surface area contributed by atoms with Gasteiger partial charge in [-0.15, -0.1) is 0 Å². The average molecular weight is 229 g/mol. The topological polar surface area (TPSA) is 67.9 Å². The fourth-order valence-electron chi connectivity index (χ4n) is 1.56. The second-order valence-corrected chi connectivity index (χ2v) is 3.89. The normalized spacial score (nSPS) is 10.7. The van der Waals surface area contributed by atoms with Gasteiger partial charge < -0.3 is 5.73 Å². The molecule has 0 aliphatic rings. The Bertz CT molecular complexity index is 471. The van der Waals surface area contributed by atoms with Gasteiger partial charge in [-0.05, 0) is 25.2 Å². The Balaban J connectivity index is 1.96. The monoisotopic (exact) mass is 229 g/mol. The van der Waals surface area contributed by atoms with Gasteiger partial charge in [0.05, 0.1) is 12.2 Å². The van der Waals surface area contributed by atoms with Gasteiger partial charge in [-0.1, -0.05) is 6.07 Å². The number of nitrogen functional groups attached to an aromatic ring is 1. The van der Waals surface area contributed by atoms with E-state index in [9.17, 15) is 0 Å². The summed E-state index contributed by atoms with van der Waals surface area (Å²) in [5.41, 5.74) is 6.63. The van der Waals surface area contributed by atoms with Crippen LogP contribution in [0.1, 0.15) is 11.5 Å². The Kier molecular flexibility index (Phi) is 3.62. The van der Waals surface area contributed by atoms with E-state index < -0.39 is 0 Å². The van der Waals surface area contributed by atoms with Gasteiger partial charge >= 0.3 is 0 Å². The molecule has 2 aromatic heterocycles. The van der Waals surface area contributed by atoms with E-state index in [2.05, 4.69) is 19.9 Å². The number of hydrogen-bond donors (Lipinski definition) is 1. The molecule has 0 radical (unpaired) electrons. The lowest BCUT2D eigenvalue weighted by atomic mass is 10.3. The zero-order chi connectivity index (χ0) is 12.1. The van der Waals surface area contributed by atoms with E-state index in [4.69, 9.17) is 5.73 Å². The molecule has 2 rings (SSSR count). The average Bonchev–Trinajstić information content (AvgIpc) is 2.30. The van der Waals surface area contributed by atoms with Crippen molar-refractivity contribution in [2.45, 2.75) is 13.1 Å². The summed E-state index contributed by atoms with van der Waals surface area (Å²) < 4.78 is 0. The van der Waals surface area contributed by atoms with Crippen LogP contribution in [0, 0.1) is 0 Å². The summed E-state index contributed by atoms with van der Waals surface area (Å²) in [6.45, 7) is 1.42. The molecule has 2 N–H and O–H groups in total. The van der Waals surface area contributed by atoms with Crippen molar-refractivity contribution in [1.29, 1.82) is 0 Å². The Labute approximate surface area is 100 Å². The minimum Gasteiger partial charge on any atom is -0.384 e. The lowest BCUT2D eigenvalue weighted by Crippen LogP contribution is -2.19. The molecule has 0 fully saturated rings. The van der Waals surface area contributed by atoms with E-state index in [1.165, 1.54) is 0 Å². The molecular formula is C12H15N5. The van der Waals surface area contributed by atoms with E-state index in [0.29, 0.717) is 12.4 Å². The first kappa shape index (κ1) is 11.5. The zero-order valence-corrected chi connectivity index (χ0v) is 9.74. The summed E-state index contributed by atoms with van der Waals surface area (Å²) in [4.78, 5) is 14.7. The summed E-state index contributed by atoms with van der Waals surface area (Å²) in [6, 6.07) is 7.57. The molecule has 0 aliphatic carbocycles. The summed E-state index contributed by atoms with van der Waals surface area (Å²) in [7, 11) is 2.00. The van der Waals surface area contributed by atoms with Crippen LogP contribution in [0.5, 0.6) is 0 Å². The van der Waals surface area contributed by atoms with Crippen molar-refractivity contribution in [3.05, 3.63) is 48.2 Å². The molecule has 2 heterocycles. The van der Waals surface area contributed by atoms with E-state index in [1.807, 2.05) is 25.2 Å². The molecule has 17 heavy (non-hydrogen) atoms. The van der Waals surface area contributed by atoms with Crippen LogP contribution in [0.25, 0.3) is 0 Å². The van der Waals surface area contributed by atoms with Crippen molar-refractivity contribution in [2.75, 3.05) is 12.8 Å². The van der Waals surface area contributed by atoms with Gasteiger partial charge in [0.25, 0.3) is 0 Å². The molecule has 0 spiro atoms. The van der Waals surface area contributed by atoms with Crippen molar-refractivity contribution in [3.8, 4) is 0 Å². The highest BCUT2D eigenvalue weighted by Crippen LogP contribution is 2.03. The van der Waals surface area contributed by atoms with E-state index in [0.717, 1.165) is 18.1 Å². The Morgan fingerprint density at radius 1 is 1.12 bits per heavy atom. The van der Waals surface area contributed by atoms with Crippen LogP contribution in [-0.4, -0.2) is 26.9 Å². The number of nitrogens with two attached hydrogens (primary N) is 1. The number of hydrogen-bond acceptors (Lipinski definition) is 5. The maximum atomic E-state index is 5.60. The van der Waals surface area contributed by atoms with Crippen LogP contribution in [0.3, 0.4) is 0 Å². The molecule has 0 aromatic carbocycles. The SMILES string of the molecule is CN(Cc1ccccn1)Cc1nccc(N)n1. The minimum atomic E-state index is 0.501. The predicted octanol–water partition coefficient (Wildman–Crippen LogP) is 1.09. The van der Waals surface area contributed by atoms with Crippen LogP contribution in [0.15, 0.2) is 36.7 Å². The van der Waals surface area contributed by atoms with E-state index >= 15 is 0 Å². The molecule has 0 aliphatic heterocycles. The lowest BCUT2D eigenvalue weighted by molar-refractivity contribution is 0.307. The lowest BCUT2D eigenvalue weighted by Gasteiger charge is -2.14. The van der Waals surface area contributed by atoms with Gasteiger partial charge in [-0.3, -0.25) is 9.88 Å². The second-order valence-electron chi connectivity index (χ2n) is 3.89. The quantitative estimate of drug-likeness (QED) is 0.849. The third-order valence-corrected chi connectivity index (χ3v) is 2.30. The first-order chi connectivity index (χ1) is 8.24. The standard InChI is InChI=1S/C12H15N5/c1-17(8-10-4-2-3-6-14-10)9-12-15-7-5-11(13)16-12/h2-7H,8-9H2,1H3,(H2,13,15,16). The minimum absolute atomic E-state index is 0.501. The van der Waals surface area contributed by atoms with Crippen LogP contribution in [-0.2, 0) is 13.1 Å². The number of anilines is 1. The predicted molar refractivity (Wildman–Crippen MR) is 65.9 cm³/mol. The second kappa shape index (κ2) is 5.36. The number of aromatic nitrogens is 3. The molecule has 0 saturated heterocycles. The van der Waals surface area contributed by atoms with Crippen molar-refractivity contribution < 1.29 is 0 Å². The maximum Gasteiger partial charge on any atom is 0.144 e. The van der Waals surface area contributed by atoms with Crippen LogP contribution in [0.4, 0.5) is 5.82 Å². The summed E-state index contributed by atoms with van der Waals surface area (Å²) in [5.74, 6) is 1.23. The fraction of sp³-hybridized carbons (Fsp3) is 0.250. The molecule has 0 bridgehead atoms. The third-order valence-electron chi connectivity index (χ3n) is 2.30. The Morgan fingerprint density at radius 2 is 2.00 bits per heavy atom. The van der Waals surface area contributed by atoms with Gasteiger partial charge in [0, 0.05) is 18.9 Å². The summed E-state index contributed by atoms with van der Waals surface area (Å²) >= 11 is 0. The van der Waals surface area contributed by atoms with Gasteiger partial charge in [0.15, 0.2) is 0 Å². The van der Waals surface area contributed by atoms with Crippen molar-refractivity contribution in [3.63, 3.8) is 0 Å². The van der Waals surface area contributed by atoms with Gasteiger partial charge in [-0.25, -0.2) is 9.97 Å². The first-order valence-corrected chi connectivity index (χ1v) is 5.40. The highest BCUT2D eigenvalue weighted by atomic mass is 15.1. The number of rotatable bonds is 4. The molecular weight excluding hydrogens is 214 g/mol. The van der Waals surface area contributed by atoms with Gasteiger partial charge in [0.1, 0.15) is 11.6 Å². The summed E-state index contributed by atoms with van der Waals surface area (Å²) in [5, 5.41) is 0. The Hall–Kier alpha value is -2.01. The number of nitrogens with zero attached hydrogens (tertiary/aromatic N) is 4. The number of pyridine rings is 1. The molecule has 2 aromatic rings. The van der Waals surface area contributed by atoms with E-state index in [-0.39, 0.29) is 0 Å². The fourth-order valence-corrected chi connectivity index (χ4v) is 1.56. The molecule has 88 valence electrons. The van der Waals surface area contributed by atoms with Crippen molar-refractivity contribution in [1.82, 2.24) is 19.9 Å². The molecule has 0 unspecified atom stereocenters. The first-order valence-electron chi connectivity index (χ1n) is 5.40. The third kappa shape index (κ3) is 3.49. The molecule has 5 heteroatoms. The molecule has 0 amide bonds. The highest BCUT2D eigenvalue weighted by molar-refractivity contribution is 5.24. The smallest absolute Gasteiger partial charge is 0.144 e. The van der Waals surface area contributed by atoms with Gasteiger partial charge in [0.2, 0.25) is 0 Å². The van der Waals surface area contributed by atoms with Crippen molar-refractivity contribution >= 4 is 5.82 Å². The maximum absolute atomic E-state index is 5.60. The summed E-state index contributed by atoms with van der Waals surface area (Å²) in [6.07, 6.45) is 3.46. The molecule has 5 nitrogen and oxygen atoms in total. The van der Waals surface area contributed by atoms with Gasteiger partial charge in [-0.2, -0.15) is 0 Å². The van der Waals surface area contributed by atoms with E-state index in [1.54, 1.807) is 18.5 Å². The largest absolute Gasteiger partial charge is 0.384 e. The Morgan fingerprint density at radius 3 is 2.71 bits per heavy atom. The van der Waals surface area contributed by atoms with Crippen LogP contribution in [0.2, 0.25) is 0 Å². The highest BCUT2D eigenvalue weighted by Gasteiger charge is 2.04. The van der Waals surface area contributed by atoms with Crippen LogP contribution < -0.4 is 5.73 Å². The van der Waals surface area contributed by atoms with Crippen LogP contribution >= 0.6 is 0 Å². The molecule has 0 atom stereocenters. The zero-order valence-electron chi connectivity index (χ0n) is 9.74. The molecule has 0 saturated carbocycles.